The lowest BCUT2D eigenvalue weighted by molar-refractivity contribution is -0.139. The van der Waals surface area contributed by atoms with E-state index in [0.29, 0.717) is 5.69 Å². The van der Waals surface area contributed by atoms with Gasteiger partial charge < -0.3 is 4.74 Å². The van der Waals surface area contributed by atoms with Crippen molar-refractivity contribution in [2.75, 3.05) is 7.11 Å². The van der Waals surface area contributed by atoms with E-state index in [2.05, 4.69) is 9.72 Å². The van der Waals surface area contributed by atoms with Gasteiger partial charge in [0, 0.05) is 9.13 Å². The molecule has 0 atom stereocenters. The Morgan fingerprint density at radius 3 is 2.76 bits per heavy atom. The summed E-state index contributed by atoms with van der Waals surface area (Å²) in [7, 11) is 1.23. The topological polar surface area (TPSA) is 39.2 Å². The maximum atomic E-state index is 12.8. The number of carbonyl (C=O) groups excluding carboxylic acids is 1. The summed E-state index contributed by atoms with van der Waals surface area (Å²) in [6.45, 7) is 0. The first kappa shape index (κ1) is 14.6. The van der Waals surface area contributed by atoms with E-state index in [0.717, 1.165) is 0 Å². The largest absolute Gasteiger partial charge is 0.469 e. The minimum absolute atomic E-state index is 0.0187. The third-order valence-electron chi connectivity index (χ3n) is 2.02. The second-order valence-electron chi connectivity index (χ2n) is 3.15. The van der Waals surface area contributed by atoms with E-state index < -0.39 is 12.4 Å². The van der Waals surface area contributed by atoms with E-state index in [1.54, 1.807) is 22.6 Å². The lowest BCUT2D eigenvalue weighted by Crippen LogP contribution is -2.10. The van der Waals surface area contributed by atoms with E-state index in [4.69, 9.17) is 11.6 Å². The van der Waals surface area contributed by atoms with Crippen LogP contribution in [0.25, 0.3) is 0 Å². The van der Waals surface area contributed by atoms with Crippen LogP contribution in [0.3, 0.4) is 0 Å². The first-order valence-corrected chi connectivity index (χ1v) is 6.20. The van der Waals surface area contributed by atoms with E-state index in [1.807, 2.05) is 0 Å². The van der Waals surface area contributed by atoms with Crippen LogP contribution in [0, 0.1) is 3.57 Å². The molecule has 0 fully saturated rings. The van der Waals surface area contributed by atoms with E-state index in [9.17, 15) is 13.6 Å². The van der Waals surface area contributed by atoms with Crippen molar-refractivity contribution in [3.63, 3.8) is 0 Å². The number of pyridine rings is 1. The number of alkyl halides is 3. The van der Waals surface area contributed by atoms with Crippen LogP contribution in [0.2, 0.25) is 0 Å². The molecule has 1 aromatic rings. The highest BCUT2D eigenvalue weighted by molar-refractivity contribution is 14.1. The lowest BCUT2D eigenvalue weighted by atomic mass is 10.1. The Balaban J connectivity index is 3.19. The molecule has 1 heterocycles. The number of carbonyl (C=O) groups is 1. The number of halogens is 4. The van der Waals surface area contributed by atoms with Gasteiger partial charge in [0.2, 0.25) is 0 Å². The Labute approximate surface area is 116 Å². The average molecular weight is 376 g/mol. The average Bonchev–Trinajstić information content (AvgIpc) is 2.31. The molecule has 0 bridgehead atoms. The van der Waals surface area contributed by atoms with Gasteiger partial charge in [-0.15, -0.1) is 11.6 Å². The second kappa shape index (κ2) is 6.44. The van der Waals surface area contributed by atoms with Crippen LogP contribution in [0.1, 0.15) is 23.4 Å². The Morgan fingerprint density at radius 1 is 1.65 bits per heavy atom. The van der Waals surface area contributed by atoms with Gasteiger partial charge in [0.1, 0.15) is 0 Å². The number of hydrogen-bond acceptors (Lipinski definition) is 3. The molecule has 0 aliphatic carbocycles. The molecule has 0 unspecified atom stereocenters. The van der Waals surface area contributed by atoms with Crippen molar-refractivity contribution in [3.05, 3.63) is 26.6 Å². The fraction of sp³-hybridized carbons (Fsp3) is 0.400. The number of esters is 1. The fourth-order valence-electron chi connectivity index (χ4n) is 1.22. The molecule has 0 radical (unpaired) electrons. The standard InChI is InChI=1S/C10H9ClF2INO2/c1-17-8(16)3-7-9(14)6(10(12)13)2-5(4-11)15-7/h2,10H,3-4H2,1H3. The third kappa shape index (κ3) is 3.74. The van der Waals surface area contributed by atoms with Crippen LogP contribution in [0.15, 0.2) is 6.07 Å². The fourth-order valence-corrected chi connectivity index (χ4v) is 2.06. The van der Waals surface area contributed by atoms with Crippen molar-refractivity contribution in [2.24, 2.45) is 0 Å². The van der Waals surface area contributed by atoms with Gasteiger partial charge in [-0.2, -0.15) is 0 Å². The summed E-state index contributed by atoms with van der Waals surface area (Å²) in [5, 5.41) is 0. The first-order chi connectivity index (χ1) is 7.99. The van der Waals surface area contributed by atoms with Crippen molar-refractivity contribution in [3.8, 4) is 0 Å². The van der Waals surface area contributed by atoms with Crippen LogP contribution in [0.4, 0.5) is 8.78 Å². The summed E-state index contributed by atoms with van der Waals surface area (Å²) in [6.07, 6.45) is -2.76. The molecular formula is C10H9ClF2INO2. The normalized spacial score (nSPS) is 10.7. The predicted octanol–water partition coefficient (Wildman–Crippen LogP) is 3.08. The monoisotopic (exact) mass is 375 g/mol. The number of rotatable bonds is 4. The molecule has 0 saturated carbocycles. The van der Waals surface area contributed by atoms with Crippen LogP contribution >= 0.6 is 34.2 Å². The Hall–Kier alpha value is -0.500. The molecule has 1 aromatic heterocycles. The highest BCUT2D eigenvalue weighted by atomic mass is 127. The zero-order chi connectivity index (χ0) is 13.0. The van der Waals surface area contributed by atoms with E-state index in [1.165, 1.54) is 13.2 Å². The molecule has 1 rings (SSSR count). The summed E-state index contributed by atoms with van der Waals surface area (Å²) in [4.78, 5) is 15.2. The number of nitrogens with zero attached hydrogens (tertiary/aromatic N) is 1. The zero-order valence-electron chi connectivity index (χ0n) is 8.84. The molecule has 0 N–H and O–H groups in total. The maximum Gasteiger partial charge on any atom is 0.311 e. The van der Waals surface area contributed by atoms with E-state index >= 15 is 0 Å². The van der Waals surface area contributed by atoms with Gasteiger partial charge >= 0.3 is 5.97 Å². The van der Waals surface area contributed by atoms with Crippen LogP contribution < -0.4 is 0 Å². The van der Waals surface area contributed by atoms with Crippen molar-refractivity contribution < 1.29 is 18.3 Å². The molecule has 0 aromatic carbocycles. The molecule has 0 aliphatic heterocycles. The Bertz CT molecular complexity index is 429. The molecule has 0 spiro atoms. The Morgan fingerprint density at radius 2 is 2.29 bits per heavy atom. The summed E-state index contributed by atoms with van der Waals surface area (Å²) >= 11 is 7.32. The molecule has 94 valence electrons. The van der Waals surface area contributed by atoms with Crippen LogP contribution in [0.5, 0.6) is 0 Å². The summed E-state index contributed by atoms with van der Waals surface area (Å²) in [5.41, 5.74) is 0.433. The molecule has 7 heteroatoms. The number of ether oxygens (including phenoxy) is 1. The SMILES string of the molecule is COC(=O)Cc1nc(CCl)cc(C(F)F)c1I. The van der Waals surface area contributed by atoms with Crippen molar-refractivity contribution in [1.29, 1.82) is 0 Å². The minimum Gasteiger partial charge on any atom is -0.469 e. The minimum atomic E-state index is -2.62. The first-order valence-electron chi connectivity index (χ1n) is 4.58. The smallest absolute Gasteiger partial charge is 0.311 e. The molecule has 3 nitrogen and oxygen atoms in total. The maximum absolute atomic E-state index is 12.8. The summed E-state index contributed by atoms with van der Waals surface area (Å²) in [5.74, 6) is -0.507. The third-order valence-corrected chi connectivity index (χ3v) is 3.54. The van der Waals surface area contributed by atoms with Crippen LogP contribution in [-0.2, 0) is 21.8 Å². The van der Waals surface area contributed by atoms with Gasteiger partial charge in [-0.25, -0.2) is 8.78 Å². The van der Waals surface area contributed by atoms with Gasteiger partial charge in [0.25, 0.3) is 6.43 Å². The number of aromatic nitrogens is 1. The van der Waals surface area contributed by atoms with Gasteiger partial charge in [-0.1, -0.05) is 0 Å². The quantitative estimate of drug-likeness (QED) is 0.461. The summed E-state index contributed by atoms with van der Waals surface area (Å²) in [6, 6.07) is 1.25. The highest BCUT2D eigenvalue weighted by Gasteiger charge is 2.19. The van der Waals surface area contributed by atoms with Gasteiger partial charge in [0.15, 0.2) is 0 Å². The van der Waals surface area contributed by atoms with Gasteiger partial charge in [0.05, 0.1) is 30.8 Å². The predicted molar refractivity (Wildman–Crippen MR) is 67.2 cm³/mol. The lowest BCUT2D eigenvalue weighted by Gasteiger charge is -2.10. The molecule has 0 amide bonds. The molecule has 0 saturated heterocycles. The highest BCUT2D eigenvalue weighted by Crippen LogP contribution is 2.27. The van der Waals surface area contributed by atoms with Gasteiger partial charge in [-0.3, -0.25) is 9.78 Å². The number of hydrogen-bond donors (Lipinski definition) is 0. The zero-order valence-corrected chi connectivity index (χ0v) is 11.8. The summed E-state index contributed by atoms with van der Waals surface area (Å²) < 4.78 is 30.3. The molecular weight excluding hydrogens is 366 g/mol. The Kier molecular flexibility index (Phi) is 5.51. The molecule has 17 heavy (non-hydrogen) atoms. The van der Waals surface area contributed by atoms with Crippen LogP contribution in [-0.4, -0.2) is 18.1 Å². The van der Waals surface area contributed by atoms with Crippen molar-refractivity contribution in [2.45, 2.75) is 18.7 Å². The van der Waals surface area contributed by atoms with Crippen molar-refractivity contribution in [1.82, 2.24) is 4.98 Å². The second-order valence-corrected chi connectivity index (χ2v) is 4.50. The molecule has 0 aliphatic rings. The van der Waals surface area contributed by atoms with E-state index in [-0.39, 0.29) is 27.1 Å². The van der Waals surface area contributed by atoms with Crippen molar-refractivity contribution >= 4 is 40.2 Å². The van der Waals surface area contributed by atoms with Gasteiger partial charge in [-0.05, 0) is 28.7 Å². The number of methoxy groups -OCH3 is 1.